The Morgan fingerprint density at radius 3 is 2.45 bits per heavy atom. The number of aromatic nitrogens is 1. The Bertz CT molecular complexity index is 606. The number of allylic oxidation sites excluding steroid dienone is 1. The van der Waals surface area contributed by atoms with E-state index < -0.39 is 0 Å². The van der Waals surface area contributed by atoms with Gasteiger partial charge in [0.25, 0.3) is 0 Å². The minimum atomic E-state index is -0.0293. The fraction of sp³-hybridized carbons (Fsp3) is 0.125. The molecule has 104 valence electrons. The lowest BCUT2D eigenvalue weighted by Crippen LogP contribution is -3.00. The van der Waals surface area contributed by atoms with Crippen molar-refractivity contribution < 1.29 is 26.5 Å². The molecule has 1 aromatic heterocycles. The molecule has 2 aromatic rings. The molecule has 0 N–H and O–H groups in total. The minimum absolute atomic E-state index is 0. The maximum atomic E-state index is 12.0. The highest BCUT2D eigenvalue weighted by Gasteiger charge is 2.05. The second-order valence-electron chi connectivity index (χ2n) is 4.16. The van der Waals surface area contributed by atoms with Crippen LogP contribution in [0.2, 0.25) is 0 Å². The number of methoxy groups -OCH3 is 1. The van der Waals surface area contributed by atoms with Gasteiger partial charge in [-0.15, -0.1) is 0 Å². The molecule has 0 amide bonds. The highest BCUT2D eigenvalue weighted by molar-refractivity contribution is 6.05. The molecule has 0 radical (unpaired) electrons. The summed E-state index contributed by atoms with van der Waals surface area (Å²) in [6.45, 7) is 1.99. The Kier molecular flexibility index (Phi) is 5.94. The van der Waals surface area contributed by atoms with E-state index in [1.165, 1.54) is 0 Å². The topological polar surface area (TPSA) is 30.2 Å². The van der Waals surface area contributed by atoms with Gasteiger partial charge in [-0.25, -0.2) is 0 Å². The number of ketones is 1. The van der Waals surface area contributed by atoms with E-state index in [1.54, 1.807) is 43.7 Å². The summed E-state index contributed by atoms with van der Waals surface area (Å²) in [5.74, 6) is 0.715. The Labute approximate surface area is 124 Å². The van der Waals surface area contributed by atoms with Crippen LogP contribution in [-0.2, 0) is 0 Å². The van der Waals surface area contributed by atoms with Gasteiger partial charge >= 0.3 is 0 Å². The number of carbonyl (C=O) groups excluding carboxylic acids is 1. The smallest absolute Gasteiger partial charge is 0.191 e. The monoisotopic (exact) mass is 289 g/mol. The molecule has 4 heteroatoms. The lowest BCUT2D eigenvalue weighted by atomic mass is 10.1. The zero-order chi connectivity index (χ0) is 13.7. The number of hydrogen-bond donors (Lipinski definition) is 0. The second kappa shape index (κ2) is 7.46. The van der Waals surface area contributed by atoms with Crippen molar-refractivity contribution in [1.29, 1.82) is 0 Å². The molecule has 0 aliphatic heterocycles. The molecule has 1 aromatic carbocycles. The molecule has 0 saturated carbocycles. The van der Waals surface area contributed by atoms with Crippen LogP contribution in [-0.4, -0.2) is 12.9 Å². The third-order valence-corrected chi connectivity index (χ3v) is 2.86. The average Bonchev–Trinajstić information content (AvgIpc) is 2.46. The summed E-state index contributed by atoms with van der Waals surface area (Å²) in [4.78, 5) is 12.0. The number of pyridine rings is 1. The highest BCUT2D eigenvalue weighted by Crippen LogP contribution is 2.11. The van der Waals surface area contributed by atoms with Crippen LogP contribution in [0.4, 0.5) is 0 Å². The summed E-state index contributed by atoms with van der Waals surface area (Å²) < 4.78 is 6.96. The number of rotatable bonds is 4. The minimum Gasteiger partial charge on any atom is -1.00 e. The molecule has 0 aliphatic rings. The summed E-state index contributed by atoms with van der Waals surface area (Å²) in [6.07, 6.45) is 5.24. The molecule has 0 fully saturated rings. The molecule has 0 saturated heterocycles. The SMILES string of the molecule is COc1ccc(C(=O)/C=C/[n+]2ccccc2C)cc1.[Cl-]. The van der Waals surface area contributed by atoms with Crippen molar-refractivity contribution in [3.8, 4) is 5.75 Å². The van der Waals surface area contributed by atoms with Gasteiger partial charge in [0, 0.05) is 24.6 Å². The van der Waals surface area contributed by atoms with Crippen molar-refractivity contribution >= 4 is 12.0 Å². The predicted octanol–water partition coefficient (Wildman–Crippen LogP) is -0.351. The molecule has 3 nitrogen and oxygen atoms in total. The lowest BCUT2D eigenvalue weighted by molar-refractivity contribution is -0.575. The third kappa shape index (κ3) is 3.93. The fourth-order valence-corrected chi connectivity index (χ4v) is 1.71. The molecule has 20 heavy (non-hydrogen) atoms. The first-order valence-electron chi connectivity index (χ1n) is 6.04. The maximum Gasteiger partial charge on any atom is 0.191 e. The van der Waals surface area contributed by atoms with Gasteiger partial charge in [0.15, 0.2) is 23.9 Å². The number of carbonyl (C=O) groups is 1. The van der Waals surface area contributed by atoms with Gasteiger partial charge in [-0.05, 0) is 24.3 Å². The quantitative estimate of drug-likeness (QED) is 0.438. The van der Waals surface area contributed by atoms with Gasteiger partial charge in [0.2, 0.25) is 0 Å². The number of ether oxygens (including phenoxy) is 1. The molecule has 0 aliphatic carbocycles. The Morgan fingerprint density at radius 1 is 1.15 bits per heavy atom. The van der Waals surface area contributed by atoms with E-state index in [9.17, 15) is 4.79 Å². The highest BCUT2D eigenvalue weighted by atomic mass is 35.5. The van der Waals surface area contributed by atoms with Crippen LogP contribution in [0.5, 0.6) is 5.75 Å². The molecule has 0 atom stereocenters. The lowest BCUT2D eigenvalue weighted by Gasteiger charge is -1.99. The molecule has 1 heterocycles. The molecule has 0 unspecified atom stereocenters. The van der Waals surface area contributed by atoms with E-state index in [2.05, 4.69) is 0 Å². The van der Waals surface area contributed by atoms with E-state index in [0.29, 0.717) is 5.56 Å². The third-order valence-electron chi connectivity index (χ3n) is 2.86. The molecular weight excluding hydrogens is 274 g/mol. The van der Waals surface area contributed by atoms with Crippen LogP contribution in [0.1, 0.15) is 16.1 Å². The summed E-state index contributed by atoms with van der Waals surface area (Å²) >= 11 is 0. The number of hydrogen-bond acceptors (Lipinski definition) is 2. The van der Waals surface area contributed by atoms with E-state index in [-0.39, 0.29) is 18.2 Å². The predicted molar refractivity (Wildman–Crippen MR) is 74.0 cm³/mol. The zero-order valence-electron chi connectivity index (χ0n) is 11.4. The molecular formula is C16H16ClNO2. The number of nitrogens with zero attached hydrogens (tertiary/aromatic N) is 1. The van der Waals surface area contributed by atoms with Crippen LogP contribution in [0.3, 0.4) is 0 Å². The van der Waals surface area contributed by atoms with E-state index in [0.717, 1.165) is 11.4 Å². The Morgan fingerprint density at radius 2 is 1.85 bits per heavy atom. The van der Waals surface area contributed by atoms with E-state index in [1.807, 2.05) is 35.9 Å². The average molecular weight is 290 g/mol. The summed E-state index contributed by atoms with van der Waals surface area (Å²) in [7, 11) is 1.60. The molecule has 2 rings (SSSR count). The summed E-state index contributed by atoms with van der Waals surface area (Å²) in [5.41, 5.74) is 1.72. The standard InChI is InChI=1S/C16H16NO2.ClH/c1-13-5-3-4-11-17(13)12-10-16(18)14-6-8-15(19-2)9-7-14;/h3-12H,1-2H3;1H/q+1;/p-1/b12-10+;. The Hall–Kier alpha value is -2.13. The van der Waals surface area contributed by atoms with Crippen LogP contribution >= 0.6 is 0 Å². The largest absolute Gasteiger partial charge is 1.00 e. The Balaban J connectivity index is 0.00000200. The normalized spacial score (nSPS) is 10.1. The number of aryl methyl sites for hydroxylation is 1. The van der Waals surface area contributed by atoms with Crippen molar-refractivity contribution in [2.24, 2.45) is 0 Å². The van der Waals surface area contributed by atoms with Crippen LogP contribution < -0.4 is 21.7 Å². The first-order chi connectivity index (χ1) is 9.20. The number of halogens is 1. The van der Waals surface area contributed by atoms with Crippen molar-refractivity contribution in [2.75, 3.05) is 7.11 Å². The van der Waals surface area contributed by atoms with Gasteiger partial charge in [-0.3, -0.25) is 4.79 Å². The molecule has 0 spiro atoms. The zero-order valence-corrected chi connectivity index (χ0v) is 12.2. The summed E-state index contributed by atoms with van der Waals surface area (Å²) in [5, 5.41) is 0. The molecule has 0 bridgehead atoms. The van der Waals surface area contributed by atoms with Crippen LogP contribution in [0, 0.1) is 6.92 Å². The van der Waals surface area contributed by atoms with Crippen molar-refractivity contribution in [1.82, 2.24) is 0 Å². The number of benzene rings is 1. The van der Waals surface area contributed by atoms with Gasteiger partial charge in [0.05, 0.1) is 13.2 Å². The van der Waals surface area contributed by atoms with Gasteiger partial charge in [-0.2, -0.15) is 4.57 Å². The first-order valence-corrected chi connectivity index (χ1v) is 6.04. The van der Waals surface area contributed by atoms with Crippen LogP contribution in [0.25, 0.3) is 6.20 Å². The van der Waals surface area contributed by atoms with E-state index >= 15 is 0 Å². The maximum absolute atomic E-state index is 12.0. The summed E-state index contributed by atoms with van der Waals surface area (Å²) in [6, 6.07) is 13.0. The van der Waals surface area contributed by atoms with Crippen molar-refractivity contribution in [3.63, 3.8) is 0 Å². The van der Waals surface area contributed by atoms with E-state index in [4.69, 9.17) is 4.74 Å². The van der Waals surface area contributed by atoms with Crippen LogP contribution in [0.15, 0.2) is 54.7 Å². The van der Waals surface area contributed by atoms with Crippen molar-refractivity contribution in [3.05, 3.63) is 66.0 Å². The van der Waals surface area contributed by atoms with Gasteiger partial charge < -0.3 is 17.1 Å². The second-order valence-corrected chi connectivity index (χ2v) is 4.16. The van der Waals surface area contributed by atoms with Crippen molar-refractivity contribution in [2.45, 2.75) is 6.92 Å². The van der Waals surface area contributed by atoms with Gasteiger partial charge in [0.1, 0.15) is 5.75 Å². The fourth-order valence-electron chi connectivity index (χ4n) is 1.71. The van der Waals surface area contributed by atoms with Gasteiger partial charge in [-0.1, -0.05) is 6.07 Å². The first kappa shape index (κ1) is 15.9.